The van der Waals surface area contributed by atoms with Gasteiger partial charge in [0, 0.05) is 41.7 Å². The third kappa shape index (κ3) is 4.80. The van der Waals surface area contributed by atoms with Crippen LogP contribution in [-0.4, -0.2) is 59.9 Å². The highest BCUT2D eigenvalue weighted by molar-refractivity contribution is 7.99. The highest BCUT2D eigenvalue weighted by Gasteiger charge is 2.16. The van der Waals surface area contributed by atoms with Crippen molar-refractivity contribution in [2.75, 3.05) is 49.8 Å². The van der Waals surface area contributed by atoms with Crippen LogP contribution in [0.1, 0.15) is 0 Å². The van der Waals surface area contributed by atoms with Gasteiger partial charge < -0.3 is 14.6 Å². The fourth-order valence-corrected chi connectivity index (χ4v) is 4.63. The number of methoxy groups -OCH3 is 1. The molecule has 2 N–H and O–H groups in total. The van der Waals surface area contributed by atoms with Crippen molar-refractivity contribution in [3.05, 3.63) is 42.5 Å². The van der Waals surface area contributed by atoms with Crippen LogP contribution >= 0.6 is 23.7 Å². The summed E-state index contributed by atoms with van der Waals surface area (Å²) in [5, 5.41) is 2.55. The summed E-state index contributed by atoms with van der Waals surface area (Å²) < 4.78 is 7.00. The lowest BCUT2D eigenvalue weighted by atomic mass is 10.2. The van der Waals surface area contributed by atoms with Crippen LogP contribution in [-0.2, 0) is 4.74 Å². The Morgan fingerprint density at radius 1 is 1.10 bits per heavy atom. The Morgan fingerprint density at radius 3 is 2.52 bits per heavy atom. The zero-order chi connectivity index (χ0) is 20.2. The Morgan fingerprint density at radius 2 is 1.83 bits per heavy atom. The first kappa shape index (κ1) is 19.9. The summed E-state index contributed by atoms with van der Waals surface area (Å²) in [6.07, 6.45) is 1.59. The predicted octanol–water partition coefficient (Wildman–Crippen LogP) is 4.29. The van der Waals surface area contributed by atoms with Gasteiger partial charge in [-0.2, -0.15) is 0 Å². The van der Waals surface area contributed by atoms with Crippen molar-refractivity contribution >= 4 is 52.5 Å². The lowest BCUT2D eigenvalue weighted by Gasteiger charge is -2.34. The number of anilines is 2. The molecule has 0 aliphatic carbocycles. The van der Waals surface area contributed by atoms with Gasteiger partial charge >= 0.3 is 6.09 Å². The molecule has 152 valence electrons. The summed E-state index contributed by atoms with van der Waals surface area (Å²) >= 11 is 3.52. The van der Waals surface area contributed by atoms with Gasteiger partial charge in [0.1, 0.15) is 0 Å². The number of aromatic amines is 1. The molecule has 1 fully saturated rings. The number of nitrogens with zero attached hydrogens (tertiary/aromatic N) is 3. The number of ether oxygens (including phenoxy) is 1. The van der Waals surface area contributed by atoms with Crippen LogP contribution in [0.5, 0.6) is 0 Å². The molecule has 1 aliphatic heterocycles. The fourth-order valence-electron chi connectivity index (χ4n) is 3.25. The highest BCUT2D eigenvalue weighted by atomic mass is 32.2. The van der Waals surface area contributed by atoms with Crippen LogP contribution in [0.25, 0.3) is 11.0 Å². The topological polar surface area (TPSA) is 73.5 Å². The van der Waals surface area contributed by atoms with Crippen LogP contribution in [0.15, 0.2) is 52.3 Å². The van der Waals surface area contributed by atoms with E-state index in [2.05, 4.69) is 59.7 Å². The highest BCUT2D eigenvalue weighted by Crippen LogP contribution is 2.31. The number of H-pyrrole nitrogens is 1. The lowest BCUT2D eigenvalue weighted by molar-refractivity contribution is 0.186. The molecule has 0 bridgehead atoms. The minimum Gasteiger partial charge on any atom is -0.453 e. The van der Waals surface area contributed by atoms with Crippen molar-refractivity contribution in [2.24, 2.45) is 0 Å². The third-order valence-corrected chi connectivity index (χ3v) is 6.67. The van der Waals surface area contributed by atoms with Crippen molar-refractivity contribution in [3.63, 3.8) is 0 Å². The van der Waals surface area contributed by atoms with Crippen LogP contribution in [0.3, 0.4) is 0 Å². The quantitative estimate of drug-likeness (QED) is 0.586. The third-order valence-electron chi connectivity index (χ3n) is 4.79. The molecule has 1 aliphatic rings. The molecule has 2 heterocycles. The van der Waals surface area contributed by atoms with E-state index in [0.29, 0.717) is 5.95 Å². The average molecular weight is 430 g/mol. The van der Waals surface area contributed by atoms with E-state index < -0.39 is 6.09 Å². The molecule has 29 heavy (non-hydrogen) atoms. The Hall–Kier alpha value is -2.36. The molecule has 0 unspecified atom stereocenters. The summed E-state index contributed by atoms with van der Waals surface area (Å²) in [4.78, 5) is 23.5. The van der Waals surface area contributed by atoms with Crippen molar-refractivity contribution < 1.29 is 9.53 Å². The minimum atomic E-state index is -0.548. The van der Waals surface area contributed by atoms with E-state index in [9.17, 15) is 4.79 Å². The van der Waals surface area contributed by atoms with Crippen LogP contribution in [0.2, 0.25) is 0 Å². The Labute approximate surface area is 178 Å². The van der Waals surface area contributed by atoms with Crippen molar-refractivity contribution in [1.82, 2.24) is 14.3 Å². The molecule has 9 heteroatoms. The fraction of sp³-hybridized carbons (Fsp3) is 0.300. The normalized spacial score (nSPS) is 14.9. The molecule has 7 nitrogen and oxygen atoms in total. The van der Waals surface area contributed by atoms with Crippen molar-refractivity contribution in [3.8, 4) is 0 Å². The first-order valence-electron chi connectivity index (χ1n) is 9.31. The predicted molar refractivity (Wildman–Crippen MR) is 120 cm³/mol. The number of fused-ring (bicyclic) bond motifs is 1. The first-order chi connectivity index (χ1) is 14.1. The van der Waals surface area contributed by atoms with Gasteiger partial charge in [0.15, 0.2) is 0 Å². The number of hydrogen-bond acceptors (Lipinski definition) is 7. The summed E-state index contributed by atoms with van der Waals surface area (Å²) in [5.41, 5.74) is 2.93. The molecule has 1 amide bonds. The number of piperazine rings is 1. The van der Waals surface area contributed by atoms with E-state index >= 15 is 0 Å². The van der Waals surface area contributed by atoms with Gasteiger partial charge in [0.25, 0.3) is 0 Å². The molecular formula is C20H23N5O2S2. The van der Waals surface area contributed by atoms with Crippen LogP contribution in [0, 0.1) is 0 Å². The Balaban J connectivity index is 1.42. The summed E-state index contributed by atoms with van der Waals surface area (Å²) in [6, 6.07) is 14.7. The minimum absolute atomic E-state index is 0.375. The van der Waals surface area contributed by atoms with Gasteiger partial charge in [-0.15, -0.1) is 0 Å². The van der Waals surface area contributed by atoms with Gasteiger partial charge in [-0.3, -0.25) is 5.32 Å². The maximum Gasteiger partial charge on any atom is 0.413 e. The molecule has 1 aromatic heterocycles. The van der Waals surface area contributed by atoms with E-state index in [4.69, 9.17) is 0 Å². The van der Waals surface area contributed by atoms with Gasteiger partial charge in [-0.25, -0.2) is 14.1 Å². The van der Waals surface area contributed by atoms with Gasteiger partial charge in [0.05, 0.1) is 18.1 Å². The Kier molecular flexibility index (Phi) is 6.17. The number of amides is 1. The zero-order valence-corrected chi connectivity index (χ0v) is 18.0. The van der Waals surface area contributed by atoms with Crippen LogP contribution in [0.4, 0.5) is 16.4 Å². The average Bonchev–Trinajstić information content (AvgIpc) is 3.15. The molecule has 1 saturated heterocycles. The summed E-state index contributed by atoms with van der Waals surface area (Å²) in [6.45, 7) is 4.31. The molecular weight excluding hydrogens is 406 g/mol. The van der Waals surface area contributed by atoms with Crippen molar-refractivity contribution in [1.29, 1.82) is 0 Å². The number of carbonyl (C=O) groups excluding carboxylic acids is 1. The van der Waals surface area contributed by atoms with Crippen molar-refractivity contribution in [2.45, 2.75) is 9.79 Å². The summed E-state index contributed by atoms with van der Waals surface area (Å²) in [7, 11) is 1.32. The number of benzene rings is 2. The SMILES string of the molecule is COC(=O)Nc1nc2ccc(Sc3ccc(N4CCN(SC)CC4)cc3)cc2[nH]1. The number of rotatable bonds is 5. The second-order valence-corrected chi connectivity index (χ2v) is 8.60. The van der Waals surface area contributed by atoms with Crippen LogP contribution < -0.4 is 10.2 Å². The molecule has 0 radical (unpaired) electrons. The van der Waals surface area contributed by atoms with Gasteiger partial charge in [-0.05, 0) is 48.7 Å². The lowest BCUT2D eigenvalue weighted by Crippen LogP contribution is -2.43. The summed E-state index contributed by atoms with van der Waals surface area (Å²) in [5.74, 6) is 0.375. The second kappa shape index (κ2) is 8.98. The number of aromatic nitrogens is 2. The monoisotopic (exact) mass is 429 g/mol. The number of hydrogen-bond donors (Lipinski definition) is 2. The molecule has 0 atom stereocenters. The largest absolute Gasteiger partial charge is 0.453 e. The smallest absolute Gasteiger partial charge is 0.413 e. The maximum atomic E-state index is 11.3. The van der Waals surface area contributed by atoms with E-state index in [-0.39, 0.29) is 0 Å². The van der Waals surface area contributed by atoms with E-state index in [1.807, 2.05) is 30.1 Å². The first-order valence-corrected chi connectivity index (χ1v) is 11.3. The standard InChI is InChI=1S/C20H23N5O2S2/c1-27-20(26)23-19-21-17-8-7-16(13-18(17)22-19)29-15-5-3-14(4-6-15)24-9-11-25(28-2)12-10-24/h3-8,13H,9-12H2,1-2H3,(H2,21,22,23,26). The van der Waals surface area contributed by atoms with Gasteiger partial charge in [-0.1, -0.05) is 23.7 Å². The molecule has 0 saturated carbocycles. The molecule has 0 spiro atoms. The number of nitrogens with one attached hydrogen (secondary N) is 2. The molecule has 2 aromatic carbocycles. The van der Waals surface area contributed by atoms with E-state index in [1.165, 1.54) is 17.7 Å². The van der Waals surface area contributed by atoms with Gasteiger partial charge in [0.2, 0.25) is 5.95 Å². The number of carbonyl (C=O) groups is 1. The zero-order valence-electron chi connectivity index (χ0n) is 16.3. The second-order valence-electron chi connectivity index (χ2n) is 6.58. The maximum absolute atomic E-state index is 11.3. The van der Waals surface area contributed by atoms with E-state index in [1.54, 1.807) is 11.8 Å². The van der Waals surface area contributed by atoms with E-state index in [0.717, 1.165) is 42.1 Å². The number of imidazole rings is 1. The molecule has 4 rings (SSSR count). The Bertz CT molecular complexity index is 984. The molecule has 3 aromatic rings.